The molecule has 19 heavy (non-hydrogen) atoms. The first-order valence-electron chi connectivity index (χ1n) is 7.52. The summed E-state index contributed by atoms with van der Waals surface area (Å²) in [6.07, 6.45) is 3.44. The highest BCUT2D eigenvalue weighted by Gasteiger charge is 2.27. The third kappa shape index (κ3) is 6.63. The number of aliphatic hydroxyl groups excluding tert-OH is 1. The Hall–Kier alpha value is -0.260. The van der Waals surface area contributed by atoms with Crippen LogP contribution in [-0.4, -0.2) is 55.3 Å². The smallest absolute Gasteiger partial charge is 0.251 e. The van der Waals surface area contributed by atoms with Crippen LogP contribution in [0.3, 0.4) is 0 Å². The maximum Gasteiger partial charge on any atom is 0.251 e. The summed E-state index contributed by atoms with van der Waals surface area (Å²) in [6.45, 7) is 3.88. The van der Waals surface area contributed by atoms with Gasteiger partial charge in [0.25, 0.3) is 6.43 Å². The number of hydrogen-bond donors (Lipinski definition) is 2. The van der Waals surface area contributed by atoms with Crippen molar-refractivity contribution >= 4 is 0 Å². The van der Waals surface area contributed by atoms with E-state index in [4.69, 9.17) is 5.11 Å². The number of halogens is 2. The first-order chi connectivity index (χ1) is 9.17. The van der Waals surface area contributed by atoms with Gasteiger partial charge in [-0.15, -0.1) is 0 Å². The van der Waals surface area contributed by atoms with E-state index in [0.29, 0.717) is 25.0 Å². The van der Waals surface area contributed by atoms with E-state index in [9.17, 15) is 8.78 Å². The standard InChI is InChI=1S/C14H28F2N2O/c1-2-7-17-13-6-4-3-5-12(13)10-18(8-9-19)11-14(15)16/h12-14,17,19H,2-11H2,1H3. The maximum absolute atomic E-state index is 12.5. The molecule has 1 aliphatic rings. The first-order valence-corrected chi connectivity index (χ1v) is 7.52. The summed E-state index contributed by atoms with van der Waals surface area (Å²) < 4.78 is 25.0. The zero-order valence-electron chi connectivity index (χ0n) is 12.0. The third-order valence-electron chi connectivity index (χ3n) is 3.87. The SMILES string of the molecule is CCCNC1CCCCC1CN(CCO)CC(F)F. The summed E-state index contributed by atoms with van der Waals surface area (Å²) in [6, 6.07) is 0.451. The molecule has 3 nitrogen and oxygen atoms in total. The third-order valence-corrected chi connectivity index (χ3v) is 3.87. The summed E-state index contributed by atoms with van der Waals surface area (Å²) in [7, 11) is 0. The van der Waals surface area contributed by atoms with Gasteiger partial charge < -0.3 is 10.4 Å². The average molecular weight is 278 g/mol. The van der Waals surface area contributed by atoms with Crippen molar-refractivity contribution in [3.8, 4) is 0 Å². The zero-order valence-corrected chi connectivity index (χ0v) is 12.0. The highest BCUT2D eigenvalue weighted by molar-refractivity contribution is 4.83. The van der Waals surface area contributed by atoms with Gasteiger partial charge in [0.1, 0.15) is 0 Å². The van der Waals surface area contributed by atoms with E-state index in [0.717, 1.165) is 25.8 Å². The van der Waals surface area contributed by atoms with E-state index in [1.165, 1.54) is 12.8 Å². The fourth-order valence-electron chi connectivity index (χ4n) is 2.95. The van der Waals surface area contributed by atoms with Crippen LogP contribution in [0.1, 0.15) is 39.0 Å². The van der Waals surface area contributed by atoms with Crippen LogP contribution in [0.4, 0.5) is 8.78 Å². The Morgan fingerprint density at radius 1 is 1.32 bits per heavy atom. The monoisotopic (exact) mass is 278 g/mol. The van der Waals surface area contributed by atoms with Crippen LogP contribution in [0.5, 0.6) is 0 Å². The lowest BCUT2D eigenvalue weighted by Gasteiger charge is -2.36. The van der Waals surface area contributed by atoms with Gasteiger partial charge >= 0.3 is 0 Å². The molecule has 0 heterocycles. The minimum absolute atomic E-state index is 0.0491. The van der Waals surface area contributed by atoms with Crippen molar-refractivity contribution in [2.75, 3.05) is 32.8 Å². The molecule has 0 aromatic carbocycles. The second-order valence-electron chi connectivity index (χ2n) is 5.48. The summed E-state index contributed by atoms with van der Waals surface area (Å²) in [4.78, 5) is 1.71. The normalized spacial score (nSPS) is 24.3. The topological polar surface area (TPSA) is 35.5 Å². The molecule has 0 saturated heterocycles. The minimum atomic E-state index is -2.32. The minimum Gasteiger partial charge on any atom is -0.395 e. The van der Waals surface area contributed by atoms with Gasteiger partial charge in [0.05, 0.1) is 13.2 Å². The number of alkyl halides is 2. The number of rotatable bonds is 9. The Labute approximate surface area is 115 Å². The number of aliphatic hydroxyl groups is 1. The van der Waals surface area contributed by atoms with Crippen molar-refractivity contribution in [1.82, 2.24) is 10.2 Å². The molecular formula is C14H28F2N2O. The van der Waals surface area contributed by atoms with Gasteiger partial charge in [-0.2, -0.15) is 0 Å². The van der Waals surface area contributed by atoms with Crippen LogP contribution in [0.2, 0.25) is 0 Å². The molecule has 2 N–H and O–H groups in total. The second-order valence-corrected chi connectivity index (χ2v) is 5.48. The van der Waals surface area contributed by atoms with Crippen molar-refractivity contribution in [1.29, 1.82) is 0 Å². The number of hydrogen-bond acceptors (Lipinski definition) is 3. The molecule has 2 atom stereocenters. The van der Waals surface area contributed by atoms with Crippen molar-refractivity contribution in [3.05, 3.63) is 0 Å². The van der Waals surface area contributed by atoms with Crippen molar-refractivity contribution in [3.63, 3.8) is 0 Å². The van der Waals surface area contributed by atoms with Gasteiger partial charge in [0.15, 0.2) is 0 Å². The second kappa shape index (κ2) is 9.61. The van der Waals surface area contributed by atoms with Crippen LogP contribution >= 0.6 is 0 Å². The maximum atomic E-state index is 12.5. The van der Waals surface area contributed by atoms with Gasteiger partial charge in [-0.3, -0.25) is 4.90 Å². The lowest BCUT2D eigenvalue weighted by molar-refractivity contribution is 0.0608. The van der Waals surface area contributed by atoms with Crippen LogP contribution in [0.25, 0.3) is 0 Å². The Morgan fingerprint density at radius 2 is 2.05 bits per heavy atom. The molecule has 1 saturated carbocycles. The van der Waals surface area contributed by atoms with Crippen molar-refractivity contribution < 1.29 is 13.9 Å². The molecule has 114 valence electrons. The molecular weight excluding hydrogens is 250 g/mol. The van der Waals surface area contributed by atoms with Crippen molar-refractivity contribution in [2.45, 2.75) is 51.5 Å². The molecule has 0 amide bonds. The lowest BCUT2D eigenvalue weighted by atomic mass is 9.84. The van der Waals surface area contributed by atoms with Gasteiger partial charge in [0, 0.05) is 19.1 Å². The largest absolute Gasteiger partial charge is 0.395 e. The molecule has 0 aromatic rings. The van der Waals surface area contributed by atoms with Crippen LogP contribution in [0.15, 0.2) is 0 Å². The predicted molar refractivity (Wildman–Crippen MR) is 73.6 cm³/mol. The number of nitrogens with zero attached hydrogens (tertiary/aromatic N) is 1. The highest BCUT2D eigenvalue weighted by atomic mass is 19.3. The summed E-state index contributed by atoms with van der Waals surface area (Å²) in [5.41, 5.74) is 0. The lowest BCUT2D eigenvalue weighted by Crippen LogP contribution is -2.46. The summed E-state index contributed by atoms with van der Waals surface area (Å²) in [5, 5.41) is 12.5. The molecule has 5 heteroatoms. The Kier molecular flexibility index (Phi) is 8.50. The molecule has 0 aromatic heterocycles. The molecule has 0 spiro atoms. The first kappa shape index (κ1) is 16.8. The summed E-state index contributed by atoms with van der Waals surface area (Å²) >= 11 is 0. The summed E-state index contributed by atoms with van der Waals surface area (Å²) in [5.74, 6) is 0.436. The van der Waals surface area contributed by atoms with E-state index in [2.05, 4.69) is 12.2 Å². The Morgan fingerprint density at radius 3 is 2.68 bits per heavy atom. The number of nitrogens with one attached hydrogen (secondary N) is 1. The quantitative estimate of drug-likeness (QED) is 0.678. The molecule has 0 radical (unpaired) electrons. The molecule has 0 bridgehead atoms. The van der Waals surface area contributed by atoms with Gasteiger partial charge in [-0.1, -0.05) is 19.8 Å². The van der Waals surface area contributed by atoms with E-state index < -0.39 is 6.43 Å². The van der Waals surface area contributed by atoms with Gasteiger partial charge in [0.2, 0.25) is 0 Å². The predicted octanol–water partition coefficient (Wildman–Crippen LogP) is 2.10. The fourth-order valence-corrected chi connectivity index (χ4v) is 2.95. The Balaban J connectivity index is 2.47. The van der Waals surface area contributed by atoms with E-state index in [-0.39, 0.29) is 13.2 Å². The molecule has 1 fully saturated rings. The van der Waals surface area contributed by atoms with E-state index >= 15 is 0 Å². The van der Waals surface area contributed by atoms with Crippen LogP contribution in [0, 0.1) is 5.92 Å². The van der Waals surface area contributed by atoms with Crippen LogP contribution < -0.4 is 5.32 Å². The molecule has 1 rings (SSSR count). The fraction of sp³-hybridized carbons (Fsp3) is 1.00. The Bertz CT molecular complexity index is 229. The zero-order chi connectivity index (χ0) is 14.1. The van der Waals surface area contributed by atoms with Gasteiger partial charge in [-0.25, -0.2) is 8.78 Å². The molecule has 1 aliphatic carbocycles. The molecule has 0 aliphatic heterocycles. The van der Waals surface area contributed by atoms with Gasteiger partial charge in [-0.05, 0) is 31.7 Å². The molecule has 2 unspecified atom stereocenters. The van der Waals surface area contributed by atoms with E-state index in [1.807, 2.05) is 0 Å². The average Bonchev–Trinajstić information content (AvgIpc) is 2.37. The van der Waals surface area contributed by atoms with Crippen molar-refractivity contribution in [2.24, 2.45) is 5.92 Å². The van der Waals surface area contributed by atoms with E-state index in [1.54, 1.807) is 4.90 Å². The van der Waals surface area contributed by atoms with Crippen LogP contribution in [-0.2, 0) is 0 Å². The highest BCUT2D eigenvalue weighted by Crippen LogP contribution is 2.25.